The third-order valence-corrected chi connectivity index (χ3v) is 6.55. The minimum Gasteiger partial charge on any atom is -0.426 e. The summed E-state index contributed by atoms with van der Waals surface area (Å²) in [7, 11) is 0. The molecule has 0 bridgehead atoms. The number of halogens is 1. The zero-order chi connectivity index (χ0) is 26.0. The second-order valence-electron chi connectivity index (χ2n) is 9.31. The van der Waals surface area contributed by atoms with Crippen LogP contribution in [0.1, 0.15) is 36.1 Å². The van der Waals surface area contributed by atoms with Crippen LogP contribution in [0.15, 0.2) is 115 Å². The second kappa shape index (κ2) is 10.2. The normalized spacial score (nSPS) is 13.8. The quantitative estimate of drug-likeness (QED) is 0.140. The number of alkyl halides is 1. The van der Waals surface area contributed by atoms with Crippen LogP contribution in [0.25, 0.3) is 22.3 Å². The van der Waals surface area contributed by atoms with E-state index in [1.54, 1.807) is 26.0 Å². The number of allylic oxidation sites excluding steroid dienone is 4. The molecule has 0 saturated heterocycles. The third-order valence-electron chi connectivity index (χ3n) is 6.23. The topological polar surface area (TPSA) is 43.4 Å². The zero-order valence-corrected chi connectivity index (χ0v) is 22.2. The standard InChI is InChI=1S/C33H25BrO3/c1-33(2,34)32(36)37-26-20-18-25(19-21-26)28-27(22-12-6-3-7-13-22)29(23-14-8-4-9-15-23)31(35)30(28)24-16-10-5-11-17-24/h3-21H,1-2H3. The molecule has 0 saturated carbocycles. The van der Waals surface area contributed by atoms with Crippen LogP contribution in [0.3, 0.4) is 0 Å². The van der Waals surface area contributed by atoms with Gasteiger partial charge in [0.15, 0.2) is 5.78 Å². The molecular formula is C33H25BrO3. The van der Waals surface area contributed by atoms with E-state index in [4.69, 9.17) is 4.74 Å². The predicted molar refractivity (Wildman–Crippen MR) is 153 cm³/mol. The summed E-state index contributed by atoms with van der Waals surface area (Å²) in [6.07, 6.45) is 0. The Morgan fingerprint density at radius 2 is 0.919 bits per heavy atom. The van der Waals surface area contributed by atoms with E-state index in [1.165, 1.54) is 0 Å². The molecule has 1 aliphatic rings. The molecule has 0 atom stereocenters. The molecule has 4 aromatic rings. The van der Waals surface area contributed by atoms with Gasteiger partial charge in [0.2, 0.25) is 0 Å². The van der Waals surface area contributed by atoms with Crippen molar-refractivity contribution in [1.29, 1.82) is 0 Å². The lowest BCUT2D eigenvalue weighted by molar-refractivity contribution is -0.136. The van der Waals surface area contributed by atoms with Crippen molar-refractivity contribution in [2.75, 3.05) is 0 Å². The van der Waals surface area contributed by atoms with Crippen LogP contribution in [-0.2, 0) is 9.59 Å². The lowest BCUT2D eigenvalue weighted by atomic mass is 9.89. The van der Waals surface area contributed by atoms with E-state index < -0.39 is 4.32 Å². The molecular weight excluding hydrogens is 524 g/mol. The maximum Gasteiger partial charge on any atom is 0.327 e. The van der Waals surface area contributed by atoms with Crippen LogP contribution >= 0.6 is 15.9 Å². The molecule has 4 aromatic carbocycles. The van der Waals surface area contributed by atoms with Crippen molar-refractivity contribution in [2.24, 2.45) is 0 Å². The van der Waals surface area contributed by atoms with Gasteiger partial charge in [-0.05, 0) is 48.2 Å². The molecule has 37 heavy (non-hydrogen) atoms. The van der Waals surface area contributed by atoms with Gasteiger partial charge in [-0.3, -0.25) is 9.59 Å². The summed E-state index contributed by atoms with van der Waals surface area (Å²) in [4.78, 5) is 26.6. The summed E-state index contributed by atoms with van der Waals surface area (Å²) < 4.78 is 4.76. The molecule has 0 spiro atoms. The molecule has 4 heteroatoms. The van der Waals surface area contributed by atoms with Crippen molar-refractivity contribution in [3.05, 3.63) is 138 Å². The Hall–Kier alpha value is -4.02. The fourth-order valence-corrected chi connectivity index (χ4v) is 4.54. The first-order valence-electron chi connectivity index (χ1n) is 12.1. The summed E-state index contributed by atoms with van der Waals surface area (Å²) in [6.45, 7) is 3.49. The summed E-state index contributed by atoms with van der Waals surface area (Å²) in [5.41, 5.74) is 6.66. The highest BCUT2D eigenvalue weighted by molar-refractivity contribution is 9.10. The van der Waals surface area contributed by atoms with E-state index in [0.29, 0.717) is 16.9 Å². The summed E-state index contributed by atoms with van der Waals surface area (Å²) >= 11 is 3.35. The predicted octanol–water partition coefficient (Wildman–Crippen LogP) is 7.87. The van der Waals surface area contributed by atoms with Crippen molar-refractivity contribution in [3.8, 4) is 5.75 Å². The van der Waals surface area contributed by atoms with Crippen LogP contribution in [0.4, 0.5) is 0 Å². The Kier molecular flexibility index (Phi) is 6.77. The first-order valence-corrected chi connectivity index (χ1v) is 12.9. The number of ketones is 1. The van der Waals surface area contributed by atoms with Crippen molar-refractivity contribution >= 4 is 50.0 Å². The van der Waals surface area contributed by atoms with Crippen molar-refractivity contribution in [3.63, 3.8) is 0 Å². The molecule has 0 unspecified atom stereocenters. The Balaban J connectivity index is 1.73. The fraction of sp³-hybridized carbons (Fsp3) is 0.0909. The number of hydrogen-bond donors (Lipinski definition) is 0. The zero-order valence-electron chi connectivity index (χ0n) is 20.6. The van der Waals surface area contributed by atoms with E-state index in [2.05, 4.69) is 15.9 Å². The van der Waals surface area contributed by atoms with E-state index in [1.807, 2.05) is 103 Å². The maximum absolute atomic E-state index is 14.2. The molecule has 0 amide bonds. The van der Waals surface area contributed by atoms with E-state index >= 15 is 0 Å². The lowest BCUT2D eigenvalue weighted by Gasteiger charge is -2.16. The number of rotatable bonds is 6. The van der Waals surface area contributed by atoms with E-state index in [-0.39, 0.29) is 11.8 Å². The average molecular weight is 549 g/mol. The van der Waals surface area contributed by atoms with Gasteiger partial charge in [-0.15, -0.1) is 0 Å². The maximum atomic E-state index is 14.2. The molecule has 0 radical (unpaired) electrons. The Labute approximate surface area is 225 Å². The Morgan fingerprint density at radius 3 is 1.30 bits per heavy atom. The average Bonchev–Trinajstić information content (AvgIpc) is 3.22. The smallest absolute Gasteiger partial charge is 0.327 e. The molecule has 0 heterocycles. The first-order chi connectivity index (χ1) is 17.8. The van der Waals surface area contributed by atoms with Gasteiger partial charge in [-0.25, -0.2) is 0 Å². The fourth-order valence-electron chi connectivity index (χ4n) is 4.46. The number of esters is 1. The van der Waals surface area contributed by atoms with Crippen LogP contribution < -0.4 is 4.74 Å². The second-order valence-corrected chi connectivity index (χ2v) is 11.3. The van der Waals surface area contributed by atoms with Crippen molar-refractivity contribution in [1.82, 2.24) is 0 Å². The largest absolute Gasteiger partial charge is 0.426 e. The molecule has 0 aromatic heterocycles. The molecule has 0 aliphatic heterocycles. The van der Waals surface area contributed by atoms with Crippen LogP contribution in [-0.4, -0.2) is 16.1 Å². The molecule has 3 nitrogen and oxygen atoms in total. The van der Waals surface area contributed by atoms with Gasteiger partial charge in [0.05, 0.1) is 0 Å². The molecule has 182 valence electrons. The highest BCUT2D eigenvalue weighted by atomic mass is 79.9. The molecule has 5 rings (SSSR count). The van der Waals surface area contributed by atoms with Gasteiger partial charge in [-0.1, -0.05) is 119 Å². The highest BCUT2D eigenvalue weighted by Gasteiger charge is 2.35. The number of ether oxygens (including phenoxy) is 1. The number of hydrogen-bond acceptors (Lipinski definition) is 3. The summed E-state index contributed by atoms with van der Waals surface area (Å²) in [5.74, 6) is 0.0560. The van der Waals surface area contributed by atoms with Crippen molar-refractivity contribution < 1.29 is 14.3 Å². The Morgan fingerprint density at radius 1 is 0.568 bits per heavy atom. The lowest BCUT2D eigenvalue weighted by Crippen LogP contribution is -2.29. The summed E-state index contributed by atoms with van der Waals surface area (Å²) in [5, 5.41) is 0. The SMILES string of the molecule is CC(C)(Br)C(=O)Oc1ccc(C2=C(c3ccccc3)C(=O)C(c3ccccc3)=C2c2ccccc2)cc1. The van der Waals surface area contributed by atoms with Crippen LogP contribution in [0.5, 0.6) is 5.75 Å². The minimum absolute atomic E-state index is 0.0113. The third kappa shape index (κ3) is 4.98. The van der Waals surface area contributed by atoms with Crippen molar-refractivity contribution in [2.45, 2.75) is 18.2 Å². The number of carbonyl (C=O) groups excluding carboxylic acids is 2. The van der Waals surface area contributed by atoms with E-state index in [0.717, 1.165) is 33.4 Å². The monoisotopic (exact) mass is 548 g/mol. The number of benzene rings is 4. The van der Waals surface area contributed by atoms with Crippen LogP contribution in [0, 0.1) is 0 Å². The van der Waals surface area contributed by atoms with Gasteiger partial charge >= 0.3 is 5.97 Å². The Bertz CT molecular complexity index is 1510. The summed E-state index contributed by atoms with van der Waals surface area (Å²) in [6, 6.07) is 37.0. The number of carbonyl (C=O) groups is 2. The van der Waals surface area contributed by atoms with Gasteiger partial charge in [-0.2, -0.15) is 0 Å². The minimum atomic E-state index is -0.791. The highest BCUT2D eigenvalue weighted by Crippen LogP contribution is 2.49. The van der Waals surface area contributed by atoms with Gasteiger partial charge in [0, 0.05) is 22.3 Å². The first kappa shape index (κ1) is 24.7. The number of Topliss-reactive ketones (excluding diaryl/α,β-unsaturated/α-hetero) is 1. The van der Waals surface area contributed by atoms with Gasteiger partial charge in [0.1, 0.15) is 10.1 Å². The molecule has 0 fully saturated rings. The van der Waals surface area contributed by atoms with Gasteiger partial charge in [0.25, 0.3) is 0 Å². The van der Waals surface area contributed by atoms with E-state index in [9.17, 15) is 9.59 Å². The van der Waals surface area contributed by atoms with Crippen LogP contribution in [0.2, 0.25) is 0 Å². The van der Waals surface area contributed by atoms with Gasteiger partial charge < -0.3 is 4.74 Å². The molecule has 1 aliphatic carbocycles. The molecule has 0 N–H and O–H groups in total.